The second kappa shape index (κ2) is 7.82. The number of rotatable bonds is 5. The zero-order valence-electron chi connectivity index (χ0n) is 17.3. The lowest BCUT2D eigenvalue weighted by molar-refractivity contribution is -0.116. The van der Waals surface area contributed by atoms with Crippen LogP contribution < -0.4 is 24.7 Å². The quantitative estimate of drug-likeness (QED) is 0.784. The second-order valence-electron chi connectivity index (χ2n) is 7.31. The summed E-state index contributed by atoms with van der Waals surface area (Å²) < 4.78 is 28.5. The standard InChI is InChI=1S/C22H24N2O6/c1-4-6-11-16(19(27-3)21-20(18(11)26-2)28-10-29-21)15-12(9-23)22(24)30-14-8-5-7-13(25)17(14)15/h15H,4-8,10,24H2,1-3H3. The first kappa shape index (κ1) is 20.0. The third-order valence-corrected chi connectivity index (χ3v) is 5.67. The molecule has 0 bridgehead atoms. The molecule has 2 N–H and O–H groups in total. The van der Waals surface area contributed by atoms with Gasteiger partial charge in [-0.3, -0.25) is 4.79 Å². The van der Waals surface area contributed by atoms with Gasteiger partial charge in [0.1, 0.15) is 17.4 Å². The lowest BCUT2D eigenvalue weighted by Gasteiger charge is -2.33. The normalized spacial score (nSPS) is 19.9. The van der Waals surface area contributed by atoms with E-state index < -0.39 is 5.92 Å². The molecule has 0 saturated heterocycles. The van der Waals surface area contributed by atoms with Crippen molar-refractivity contribution in [1.29, 1.82) is 5.26 Å². The molecule has 158 valence electrons. The van der Waals surface area contributed by atoms with Crippen LogP contribution >= 0.6 is 0 Å². The lowest BCUT2D eigenvalue weighted by atomic mass is 9.75. The van der Waals surface area contributed by atoms with Gasteiger partial charge in [-0.05, 0) is 12.8 Å². The van der Waals surface area contributed by atoms with Crippen molar-refractivity contribution in [2.75, 3.05) is 21.0 Å². The minimum absolute atomic E-state index is 0.0112. The number of fused-ring (bicyclic) bond motifs is 1. The molecule has 0 radical (unpaired) electrons. The van der Waals surface area contributed by atoms with Crippen LogP contribution in [-0.4, -0.2) is 26.8 Å². The fourth-order valence-corrected chi connectivity index (χ4v) is 4.50. The molecule has 2 heterocycles. The van der Waals surface area contributed by atoms with Gasteiger partial charge in [0, 0.05) is 29.5 Å². The summed E-state index contributed by atoms with van der Waals surface area (Å²) in [6, 6.07) is 2.16. The molecule has 0 saturated carbocycles. The van der Waals surface area contributed by atoms with Crippen molar-refractivity contribution in [3.05, 3.63) is 33.9 Å². The monoisotopic (exact) mass is 412 g/mol. The van der Waals surface area contributed by atoms with Gasteiger partial charge in [-0.25, -0.2) is 0 Å². The Balaban J connectivity index is 2.09. The van der Waals surface area contributed by atoms with Crippen LogP contribution in [0.25, 0.3) is 0 Å². The van der Waals surface area contributed by atoms with Crippen LogP contribution in [0.4, 0.5) is 0 Å². The van der Waals surface area contributed by atoms with E-state index in [0.717, 1.165) is 12.0 Å². The highest BCUT2D eigenvalue weighted by molar-refractivity contribution is 6.00. The molecule has 0 fully saturated rings. The van der Waals surface area contributed by atoms with Crippen molar-refractivity contribution < 1.29 is 28.5 Å². The van der Waals surface area contributed by atoms with Gasteiger partial charge in [0.25, 0.3) is 0 Å². The van der Waals surface area contributed by atoms with Gasteiger partial charge in [0.2, 0.25) is 24.2 Å². The molecule has 3 aliphatic rings. The highest BCUT2D eigenvalue weighted by atomic mass is 16.7. The zero-order chi connectivity index (χ0) is 21.4. The van der Waals surface area contributed by atoms with Gasteiger partial charge in [-0.15, -0.1) is 0 Å². The number of methoxy groups -OCH3 is 2. The van der Waals surface area contributed by atoms with E-state index in [1.54, 1.807) is 7.11 Å². The summed E-state index contributed by atoms with van der Waals surface area (Å²) in [4.78, 5) is 13.0. The van der Waals surface area contributed by atoms with Gasteiger partial charge in [0.05, 0.1) is 20.1 Å². The predicted molar refractivity (Wildman–Crippen MR) is 106 cm³/mol. The smallest absolute Gasteiger partial charge is 0.231 e. The third-order valence-electron chi connectivity index (χ3n) is 5.67. The number of carbonyl (C=O) groups is 1. The lowest BCUT2D eigenvalue weighted by Crippen LogP contribution is -2.28. The number of allylic oxidation sites excluding steroid dienone is 3. The minimum Gasteiger partial charge on any atom is -0.492 e. The maximum absolute atomic E-state index is 13.0. The first-order valence-corrected chi connectivity index (χ1v) is 9.97. The van der Waals surface area contributed by atoms with Crippen molar-refractivity contribution >= 4 is 5.78 Å². The van der Waals surface area contributed by atoms with Gasteiger partial charge in [0.15, 0.2) is 17.3 Å². The molecule has 0 spiro atoms. The summed E-state index contributed by atoms with van der Waals surface area (Å²) in [6.45, 7) is 2.07. The van der Waals surface area contributed by atoms with E-state index in [1.807, 2.05) is 6.92 Å². The number of ketones is 1. The summed E-state index contributed by atoms with van der Waals surface area (Å²) in [5.74, 6) is 1.57. The molecule has 30 heavy (non-hydrogen) atoms. The molecular weight excluding hydrogens is 388 g/mol. The molecule has 4 rings (SSSR count). The molecule has 1 aromatic rings. The first-order chi connectivity index (χ1) is 14.6. The van der Waals surface area contributed by atoms with Crippen molar-refractivity contribution in [2.24, 2.45) is 5.73 Å². The van der Waals surface area contributed by atoms with Crippen LogP contribution in [0.2, 0.25) is 0 Å². The minimum atomic E-state index is -0.716. The SMILES string of the molecule is CCCc1c(OC)c2c(c(OC)c1C1C(C#N)=C(N)OC3=C1C(=O)CCC3)OCO2. The van der Waals surface area contributed by atoms with Crippen LogP contribution in [0, 0.1) is 11.3 Å². The number of carbonyl (C=O) groups excluding carboxylic acids is 1. The Kier molecular flexibility index (Phi) is 5.20. The summed E-state index contributed by atoms with van der Waals surface area (Å²) in [5.41, 5.74) is 8.22. The Morgan fingerprint density at radius 3 is 2.50 bits per heavy atom. The maximum Gasteiger partial charge on any atom is 0.231 e. The Labute approximate surface area is 174 Å². The van der Waals surface area contributed by atoms with Crippen LogP contribution in [0.15, 0.2) is 22.8 Å². The average molecular weight is 412 g/mol. The Morgan fingerprint density at radius 2 is 1.87 bits per heavy atom. The van der Waals surface area contributed by atoms with Crippen LogP contribution in [0.1, 0.15) is 49.7 Å². The van der Waals surface area contributed by atoms with E-state index in [-0.39, 0.29) is 24.0 Å². The molecule has 1 aromatic carbocycles. The highest BCUT2D eigenvalue weighted by Crippen LogP contribution is 2.57. The fraction of sp³-hybridized carbons (Fsp3) is 0.455. The van der Waals surface area contributed by atoms with Gasteiger partial charge in [-0.1, -0.05) is 13.3 Å². The average Bonchev–Trinajstić information content (AvgIpc) is 3.21. The van der Waals surface area contributed by atoms with Crippen molar-refractivity contribution in [3.8, 4) is 29.1 Å². The van der Waals surface area contributed by atoms with Crippen LogP contribution in [-0.2, 0) is 16.0 Å². The number of nitrogens with zero attached hydrogens (tertiary/aromatic N) is 1. The Morgan fingerprint density at radius 1 is 1.17 bits per heavy atom. The summed E-state index contributed by atoms with van der Waals surface area (Å²) in [6.07, 6.45) is 3.09. The second-order valence-corrected chi connectivity index (χ2v) is 7.31. The van der Waals surface area contributed by atoms with E-state index >= 15 is 0 Å². The topological polar surface area (TPSA) is 113 Å². The molecule has 1 atom stereocenters. The van der Waals surface area contributed by atoms with Crippen molar-refractivity contribution in [2.45, 2.75) is 44.9 Å². The molecule has 0 amide bonds. The molecule has 8 heteroatoms. The van der Waals surface area contributed by atoms with Crippen LogP contribution in [0.3, 0.4) is 0 Å². The van der Waals surface area contributed by atoms with Gasteiger partial charge < -0.3 is 29.4 Å². The summed E-state index contributed by atoms with van der Waals surface area (Å²) >= 11 is 0. The number of nitrogens with two attached hydrogens (primary N) is 1. The van der Waals surface area contributed by atoms with Crippen molar-refractivity contribution in [1.82, 2.24) is 0 Å². The molecule has 1 unspecified atom stereocenters. The third kappa shape index (κ3) is 2.84. The summed E-state index contributed by atoms with van der Waals surface area (Å²) in [7, 11) is 3.09. The summed E-state index contributed by atoms with van der Waals surface area (Å²) in [5, 5.41) is 9.94. The zero-order valence-corrected chi connectivity index (χ0v) is 17.3. The predicted octanol–water partition coefficient (Wildman–Crippen LogP) is 3.20. The fourth-order valence-electron chi connectivity index (χ4n) is 4.50. The van der Waals surface area contributed by atoms with Gasteiger partial charge in [-0.2, -0.15) is 5.26 Å². The maximum atomic E-state index is 13.0. The first-order valence-electron chi connectivity index (χ1n) is 9.97. The van der Waals surface area contributed by atoms with E-state index in [0.29, 0.717) is 65.6 Å². The molecular formula is C22H24N2O6. The largest absolute Gasteiger partial charge is 0.492 e. The van der Waals surface area contributed by atoms with E-state index in [1.165, 1.54) is 7.11 Å². The van der Waals surface area contributed by atoms with E-state index in [4.69, 9.17) is 29.4 Å². The molecule has 0 aromatic heterocycles. The highest BCUT2D eigenvalue weighted by Gasteiger charge is 2.43. The van der Waals surface area contributed by atoms with Crippen LogP contribution in [0.5, 0.6) is 23.0 Å². The number of hydrogen-bond donors (Lipinski definition) is 1. The number of nitriles is 1. The number of ether oxygens (including phenoxy) is 5. The molecule has 1 aliphatic carbocycles. The molecule has 2 aliphatic heterocycles. The number of Topliss-reactive ketones (excluding diaryl/α,β-unsaturated/α-hetero) is 1. The van der Waals surface area contributed by atoms with E-state index in [2.05, 4.69) is 6.07 Å². The van der Waals surface area contributed by atoms with Gasteiger partial charge >= 0.3 is 0 Å². The van der Waals surface area contributed by atoms with E-state index in [9.17, 15) is 10.1 Å². The van der Waals surface area contributed by atoms with Crippen molar-refractivity contribution in [3.63, 3.8) is 0 Å². The number of benzene rings is 1. The Hall–Kier alpha value is -3.34. The number of hydrogen-bond acceptors (Lipinski definition) is 8. The molecule has 8 nitrogen and oxygen atoms in total. The Bertz CT molecular complexity index is 1020.